The normalized spacial score (nSPS) is 16.1. The predicted octanol–water partition coefficient (Wildman–Crippen LogP) is 7.96. The zero-order valence-corrected chi connectivity index (χ0v) is 25.6. The molecule has 0 radical (unpaired) electrons. The van der Waals surface area contributed by atoms with Gasteiger partial charge in [0.25, 0.3) is 0 Å². The molecule has 30 heavy (non-hydrogen) atoms. The highest BCUT2D eigenvalue weighted by Crippen LogP contribution is 2.79. The van der Waals surface area contributed by atoms with Crippen LogP contribution >= 0.6 is 15.2 Å². The molecule has 0 atom stereocenters. The van der Waals surface area contributed by atoms with Crippen LogP contribution in [0.1, 0.15) is 0 Å². The quantitative estimate of drug-likeness (QED) is 0.148. The van der Waals surface area contributed by atoms with Gasteiger partial charge in [0.15, 0.2) is 33.3 Å². The number of halogens is 4. The van der Waals surface area contributed by atoms with Crippen LogP contribution in [0.4, 0.5) is 17.6 Å². The lowest BCUT2D eigenvalue weighted by atomic mass is 10.7. The summed E-state index contributed by atoms with van der Waals surface area (Å²) >= 11 is 0. The lowest BCUT2D eigenvalue weighted by Crippen LogP contribution is -2.48. The average Bonchev–Trinajstić information content (AvgIpc) is 2.27. The molecule has 0 N–H and O–H groups in total. The van der Waals surface area contributed by atoms with Crippen LogP contribution in [-0.4, -0.2) is 44.6 Å². The zero-order valence-electron chi connectivity index (χ0n) is 19.9. The summed E-state index contributed by atoms with van der Waals surface area (Å²) in [6, 6.07) is 0. The maximum absolute atomic E-state index is 15.4. The van der Waals surface area contributed by atoms with E-state index in [4.69, 9.17) is 16.9 Å². The Labute approximate surface area is 182 Å². The lowest BCUT2D eigenvalue weighted by Gasteiger charge is -2.42. The van der Waals surface area contributed by atoms with Crippen molar-refractivity contribution in [3.05, 3.63) is 0 Å². The summed E-state index contributed by atoms with van der Waals surface area (Å²) in [5, 5.41) is 0. The molecule has 0 aromatic rings. The topological polar surface area (TPSA) is 71.1 Å². The fourth-order valence-corrected chi connectivity index (χ4v) is 17.8. The summed E-state index contributed by atoms with van der Waals surface area (Å²) in [5.41, 5.74) is -10.9. The third-order valence-corrected chi connectivity index (χ3v) is 17.3. The van der Waals surface area contributed by atoms with E-state index < -0.39 is 59.8 Å². The van der Waals surface area contributed by atoms with Crippen molar-refractivity contribution >= 4 is 48.5 Å². The van der Waals surface area contributed by atoms with Gasteiger partial charge in [0, 0.05) is 0 Å². The van der Waals surface area contributed by atoms with Crippen molar-refractivity contribution in [2.24, 2.45) is 0 Å². The van der Waals surface area contributed by atoms with Crippen molar-refractivity contribution in [1.82, 2.24) is 0 Å². The lowest BCUT2D eigenvalue weighted by molar-refractivity contribution is -0.121. The van der Waals surface area contributed by atoms with E-state index in [1.165, 1.54) is 78.6 Å². The fraction of sp³-hybridized carbons (Fsp3) is 1.00. The highest BCUT2D eigenvalue weighted by molar-refractivity contribution is 7.63. The Morgan fingerprint density at radius 2 is 0.600 bits per heavy atom. The second kappa shape index (κ2) is 8.92. The van der Waals surface area contributed by atoms with Crippen LogP contribution in [0.3, 0.4) is 0 Å². The van der Waals surface area contributed by atoms with Crippen LogP contribution in [0.25, 0.3) is 0 Å². The predicted molar refractivity (Wildman–Crippen MR) is 123 cm³/mol. The van der Waals surface area contributed by atoms with Gasteiger partial charge in [0.1, 0.15) is 0 Å². The van der Waals surface area contributed by atoms with E-state index in [9.17, 15) is 9.13 Å². The Balaban J connectivity index is 6.83. The molecule has 0 heterocycles. The second-order valence-corrected chi connectivity index (χ2v) is 33.8. The molecule has 0 saturated carbocycles. The van der Waals surface area contributed by atoms with Crippen LogP contribution in [0.15, 0.2) is 0 Å². The number of rotatable bonds is 11. The molecule has 0 aliphatic carbocycles. The summed E-state index contributed by atoms with van der Waals surface area (Å²) < 4.78 is 109. The first-order chi connectivity index (χ1) is 12.6. The maximum atomic E-state index is 15.4. The molecular formula is C14H36F4O6P2Si4. The minimum absolute atomic E-state index is 1.41. The standard InChI is InChI=1S/C14H36F4O6P2Si4/c1-27(2,3)21-25(19,22-28(4,5)6)13(15,16)14(17,18)26(20,23-29(7,8)9)24-30(10,11)12/h1-12H3. The SMILES string of the molecule is C[Si](C)(C)OP(=O)(O[Si](C)(C)C)C(F)(F)C(F)(F)P(=O)(O[Si](C)(C)C)O[Si](C)(C)C. The van der Waals surface area contributed by atoms with Crippen molar-refractivity contribution in [2.75, 3.05) is 0 Å². The largest absolute Gasteiger partial charge is 0.418 e. The van der Waals surface area contributed by atoms with E-state index in [2.05, 4.69) is 0 Å². The monoisotopic (exact) mass is 550 g/mol. The first kappa shape index (κ1) is 30.9. The van der Waals surface area contributed by atoms with E-state index in [0.717, 1.165) is 0 Å². The van der Waals surface area contributed by atoms with E-state index in [1.54, 1.807) is 0 Å². The van der Waals surface area contributed by atoms with Crippen LogP contribution in [0, 0.1) is 0 Å². The molecule has 0 aliphatic heterocycles. The molecule has 0 bridgehead atoms. The van der Waals surface area contributed by atoms with Gasteiger partial charge in [0.2, 0.25) is 0 Å². The van der Waals surface area contributed by atoms with Gasteiger partial charge in [-0.3, -0.25) is 9.13 Å². The Kier molecular flexibility index (Phi) is 9.18. The fourth-order valence-electron chi connectivity index (χ4n) is 2.04. The molecule has 0 spiro atoms. The Bertz CT molecular complexity index is 611. The van der Waals surface area contributed by atoms with Crippen molar-refractivity contribution in [3.63, 3.8) is 0 Å². The molecular weight excluding hydrogens is 514 g/mol. The number of hydrogen-bond donors (Lipinski definition) is 0. The molecule has 0 amide bonds. The van der Waals surface area contributed by atoms with Crippen LogP contribution in [-0.2, 0) is 26.0 Å². The first-order valence-corrected chi connectivity index (χ1v) is 26.1. The summed E-state index contributed by atoms with van der Waals surface area (Å²) in [7, 11) is -23.8. The third-order valence-electron chi connectivity index (χ3n) is 2.63. The van der Waals surface area contributed by atoms with Crippen molar-refractivity contribution in [1.29, 1.82) is 0 Å². The Morgan fingerprint density at radius 3 is 0.700 bits per heavy atom. The van der Waals surface area contributed by atoms with E-state index in [1.807, 2.05) is 0 Å². The van der Waals surface area contributed by atoms with Crippen molar-refractivity contribution in [3.8, 4) is 0 Å². The van der Waals surface area contributed by atoms with Gasteiger partial charge in [-0.2, -0.15) is 17.6 Å². The molecule has 0 aliphatic rings. The Morgan fingerprint density at radius 1 is 0.467 bits per heavy atom. The van der Waals surface area contributed by atoms with Gasteiger partial charge in [0.05, 0.1) is 0 Å². The minimum Gasteiger partial charge on any atom is -0.347 e. The molecule has 6 nitrogen and oxygen atoms in total. The van der Waals surface area contributed by atoms with Gasteiger partial charge in [-0.25, -0.2) is 0 Å². The molecule has 0 saturated heterocycles. The first-order valence-electron chi connectivity index (χ1n) is 9.37. The number of hydrogen-bond acceptors (Lipinski definition) is 6. The van der Waals surface area contributed by atoms with Gasteiger partial charge in [-0.15, -0.1) is 0 Å². The number of alkyl halides is 4. The molecule has 0 aromatic carbocycles. The molecule has 16 heteroatoms. The van der Waals surface area contributed by atoms with E-state index in [-0.39, 0.29) is 0 Å². The minimum atomic E-state index is -5.78. The summed E-state index contributed by atoms with van der Waals surface area (Å²) in [6.45, 7) is 17.0. The average molecular weight is 551 g/mol. The van der Waals surface area contributed by atoms with Crippen LogP contribution < -0.4 is 0 Å². The van der Waals surface area contributed by atoms with Gasteiger partial charge < -0.3 is 16.9 Å². The summed E-state index contributed by atoms with van der Waals surface area (Å²) in [6.07, 6.45) is 0. The van der Waals surface area contributed by atoms with Crippen LogP contribution in [0.2, 0.25) is 78.6 Å². The molecule has 182 valence electrons. The molecule has 0 aromatic heterocycles. The molecule has 0 rings (SSSR count). The summed E-state index contributed by atoms with van der Waals surface area (Å²) in [5.74, 6) is 0. The van der Waals surface area contributed by atoms with Crippen molar-refractivity contribution < 1.29 is 43.5 Å². The van der Waals surface area contributed by atoms with Gasteiger partial charge >= 0.3 is 26.5 Å². The maximum Gasteiger partial charge on any atom is 0.418 e. The highest BCUT2D eigenvalue weighted by Gasteiger charge is 2.80. The van der Waals surface area contributed by atoms with Gasteiger partial charge in [-0.1, -0.05) is 0 Å². The van der Waals surface area contributed by atoms with Crippen molar-refractivity contribution in [2.45, 2.75) is 89.9 Å². The second-order valence-electron chi connectivity index (χ2n) is 10.9. The summed E-state index contributed by atoms with van der Waals surface area (Å²) in [4.78, 5) is 0. The van der Waals surface area contributed by atoms with E-state index in [0.29, 0.717) is 0 Å². The third kappa shape index (κ3) is 8.34. The molecule has 0 fully saturated rings. The zero-order chi connectivity index (χ0) is 24.8. The Hall–Kier alpha value is 0.888. The smallest absolute Gasteiger partial charge is 0.347 e. The van der Waals surface area contributed by atoms with E-state index >= 15 is 17.6 Å². The highest BCUT2D eigenvalue weighted by atomic mass is 31.2. The molecule has 0 unspecified atom stereocenters. The van der Waals surface area contributed by atoms with Gasteiger partial charge in [-0.05, 0) is 78.6 Å². The van der Waals surface area contributed by atoms with Crippen LogP contribution in [0.5, 0.6) is 0 Å².